The number of hydrogen-bond acceptors (Lipinski definition) is 7. The van der Waals surface area contributed by atoms with Crippen molar-refractivity contribution in [1.82, 2.24) is 24.8 Å². The van der Waals surface area contributed by atoms with Crippen LogP contribution in [0.3, 0.4) is 0 Å². The molecule has 1 saturated heterocycles. The summed E-state index contributed by atoms with van der Waals surface area (Å²) in [5, 5.41) is 25.9. The molecular formula is C23H24Cl2N6O2. The summed E-state index contributed by atoms with van der Waals surface area (Å²) in [5.74, 6) is 1.37. The minimum Gasteiger partial charge on any atom is -0.393 e. The lowest BCUT2D eigenvalue weighted by Crippen LogP contribution is -2.38. The Morgan fingerprint density at radius 2 is 1.91 bits per heavy atom. The third-order valence-electron chi connectivity index (χ3n) is 6.10. The van der Waals surface area contributed by atoms with Crippen LogP contribution in [0.4, 0.5) is 5.82 Å². The van der Waals surface area contributed by atoms with Gasteiger partial charge in [-0.05, 0) is 50.1 Å². The highest BCUT2D eigenvalue weighted by molar-refractivity contribution is 6.32. The van der Waals surface area contributed by atoms with Gasteiger partial charge in [0.05, 0.1) is 28.7 Å². The van der Waals surface area contributed by atoms with E-state index in [1.165, 1.54) is 6.33 Å². The number of nitrogens with zero attached hydrogens (tertiary/aromatic N) is 4. The van der Waals surface area contributed by atoms with Crippen molar-refractivity contribution in [3.8, 4) is 0 Å². The van der Waals surface area contributed by atoms with Gasteiger partial charge in [-0.2, -0.15) is 0 Å². The first-order valence-corrected chi connectivity index (χ1v) is 11.6. The zero-order valence-electron chi connectivity index (χ0n) is 18.0. The highest BCUT2D eigenvalue weighted by Crippen LogP contribution is 2.34. The van der Waals surface area contributed by atoms with E-state index >= 15 is 0 Å². The number of hydrogen-bond donors (Lipinski definition) is 4. The molecule has 2 atom stereocenters. The van der Waals surface area contributed by atoms with Crippen LogP contribution in [0.1, 0.15) is 43.4 Å². The minimum atomic E-state index is -0.859. The molecular weight excluding hydrogens is 463 g/mol. The van der Waals surface area contributed by atoms with Gasteiger partial charge in [0, 0.05) is 34.1 Å². The SMILES string of the molecule is CC(Nc1ncnc2cc(C(O)N3CCC(O)CC3)c(Cl)cc12)c1nc2ccc(Cl)cc2[nH]1. The van der Waals surface area contributed by atoms with E-state index in [-0.39, 0.29) is 12.1 Å². The lowest BCUT2D eigenvalue weighted by molar-refractivity contribution is -0.0343. The summed E-state index contributed by atoms with van der Waals surface area (Å²) in [5.41, 5.74) is 2.96. The highest BCUT2D eigenvalue weighted by Gasteiger charge is 2.26. The molecule has 2 aromatic heterocycles. The molecule has 1 aliphatic heterocycles. The van der Waals surface area contributed by atoms with Crippen LogP contribution in [-0.4, -0.2) is 54.2 Å². The third-order valence-corrected chi connectivity index (χ3v) is 6.66. The molecule has 0 amide bonds. The smallest absolute Gasteiger partial charge is 0.137 e. The van der Waals surface area contributed by atoms with E-state index in [1.807, 2.05) is 30.0 Å². The fourth-order valence-corrected chi connectivity index (χ4v) is 4.65. The maximum Gasteiger partial charge on any atom is 0.137 e. The average molecular weight is 487 g/mol. The van der Waals surface area contributed by atoms with Crippen LogP contribution < -0.4 is 5.32 Å². The second-order valence-corrected chi connectivity index (χ2v) is 9.25. The molecule has 8 nitrogen and oxygen atoms in total. The molecule has 33 heavy (non-hydrogen) atoms. The van der Waals surface area contributed by atoms with Crippen molar-refractivity contribution in [2.75, 3.05) is 18.4 Å². The summed E-state index contributed by atoms with van der Waals surface area (Å²) in [7, 11) is 0. The number of aromatic nitrogens is 4. The third kappa shape index (κ3) is 4.49. The fourth-order valence-electron chi connectivity index (χ4n) is 4.21. The number of aromatic amines is 1. The maximum atomic E-state index is 10.9. The number of aliphatic hydroxyl groups excluding tert-OH is 2. The highest BCUT2D eigenvalue weighted by atomic mass is 35.5. The number of aliphatic hydroxyl groups is 2. The minimum absolute atomic E-state index is 0.168. The molecule has 0 saturated carbocycles. The van der Waals surface area contributed by atoms with Gasteiger partial charge in [0.15, 0.2) is 0 Å². The van der Waals surface area contributed by atoms with Crippen LogP contribution in [0.2, 0.25) is 10.0 Å². The van der Waals surface area contributed by atoms with E-state index < -0.39 is 6.23 Å². The first kappa shape index (κ1) is 22.3. The number of halogens is 2. The molecule has 3 heterocycles. The van der Waals surface area contributed by atoms with E-state index in [0.29, 0.717) is 52.9 Å². The molecule has 4 N–H and O–H groups in total. The second-order valence-electron chi connectivity index (χ2n) is 8.40. The molecule has 10 heteroatoms. The lowest BCUT2D eigenvalue weighted by Gasteiger charge is -2.33. The normalized spacial score (nSPS) is 17.5. The van der Waals surface area contributed by atoms with Gasteiger partial charge >= 0.3 is 0 Å². The number of rotatable bonds is 5. The van der Waals surface area contributed by atoms with Crippen molar-refractivity contribution in [1.29, 1.82) is 0 Å². The number of likely N-dealkylation sites (tertiary alicyclic amines) is 1. The molecule has 2 unspecified atom stereocenters. The quantitative estimate of drug-likeness (QED) is 0.330. The molecule has 0 bridgehead atoms. The standard InChI is InChI=1S/C23H24Cl2N6O2/c1-12(21-29-18-3-2-13(24)8-20(18)30-21)28-22-16-9-17(25)15(10-19(16)26-11-27-22)23(33)31-6-4-14(32)5-7-31/h2-3,8-12,14,23,32-33H,4-7H2,1H3,(H,29,30)(H,26,27,28). The summed E-state index contributed by atoms with van der Waals surface area (Å²) >= 11 is 12.7. The van der Waals surface area contributed by atoms with Crippen LogP contribution >= 0.6 is 23.2 Å². The predicted molar refractivity (Wildman–Crippen MR) is 129 cm³/mol. The Hall–Kier alpha value is -2.49. The Morgan fingerprint density at radius 1 is 1.12 bits per heavy atom. The number of anilines is 1. The molecule has 4 aromatic rings. The summed E-state index contributed by atoms with van der Waals surface area (Å²) in [4.78, 5) is 18.6. The van der Waals surface area contributed by atoms with Gasteiger partial charge in [0.1, 0.15) is 24.2 Å². The molecule has 172 valence electrons. The van der Waals surface area contributed by atoms with Crippen molar-refractivity contribution in [3.05, 3.63) is 58.1 Å². The summed E-state index contributed by atoms with van der Waals surface area (Å²) in [6.45, 7) is 3.19. The van der Waals surface area contributed by atoms with Crippen LogP contribution in [0, 0.1) is 0 Å². The van der Waals surface area contributed by atoms with Crippen LogP contribution in [0.25, 0.3) is 21.9 Å². The summed E-state index contributed by atoms with van der Waals surface area (Å²) < 4.78 is 0. The maximum absolute atomic E-state index is 10.9. The Morgan fingerprint density at radius 3 is 2.70 bits per heavy atom. The zero-order chi connectivity index (χ0) is 23.1. The number of nitrogens with one attached hydrogen (secondary N) is 2. The van der Waals surface area contributed by atoms with Gasteiger partial charge in [-0.15, -0.1) is 0 Å². The second kappa shape index (κ2) is 9.04. The van der Waals surface area contributed by atoms with E-state index in [0.717, 1.165) is 22.2 Å². The van der Waals surface area contributed by atoms with Crippen molar-refractivity contribution in [3.63, 3.8) is 0 Å². The van der Waals surface area contributed by atoms with E-state index in [9.17, 15) is 10.2 Å². The van der Waals surface area contributed by atoms with Crippen molar-refractivity contribution >= 4 is 51.0 Å². The predicted octanol–water partition coefficient (Wildman–Crippen LogP) is 4.43. The first-order chi connectivity index (χ1) is 15.9. The van der Waals surface area contributed by atoms with E-state index in [1.54, 1.807) is 12.1 Å². The van der Waals surface area contributed by atoms with Gasteiger partial charge in [-0.1, -0.05) is 23.2 Å². The number of H-pyrrole nitrogens is 1. The van der Waals surface area contributed by atoms with Crippen LogP contribution in [0.5, 0.6) is 0 Å². The van der Waals surface area contributed by atoms with Crippen molar-refractivity contribution in [2.45, 2.75) is 38.1 Å². The Bertz CT molecular complexity index is 1310. The number of imidazole rings is 1. The van der Waals surface area contributed by atoms with Gasteiger partial charge < -0.3 is 20.5 Å². The van der Waals surface area contributed by atoms with Crippen molar-refractivity contribution in [2.24, 2.45) is 0 Å². The molecule has 1 aliphatic rings. The fraction of sp³-hybridized carbons (Fsp3) is 0.348. The number of fused-ring (bicyclic) bond motifs is 2. The van der Waals surface area contributed by atoms with Gasteiger partial charge in [0.25, 0.3) is 0 Å². The molecule has 2 aromatic carbocycles. The van der Waals surface area contributed by atoms with Gasteiger partial charge in [0.2, 0.25) is 0 Å². The van der Waals surface area contributed by atoms with Gasteiger partial charge in [-0.25, -0.2) is 15.0 Å². The largest absolute Gasteiger partial charge is 0.393 e. The van der Waals surface area contributed by atoms with E-state index in [4.69, 9.17) is 23.2 Å². The molecule has 0 radical (unpaired) electrons. The molecule has 0 aliphatic carbocycles. The molecule has 1 fully saturated rings. The van der Waals surface area contributed by atoms with Crippen LogP contribution in [-0.2, 0) is 0 Å². The number of piperidine rings is 1. The van der Waals surface area contributed by atoms with Crippen molar-refractivity contribution < 1.29 is 10.2 Å². The average Bonchev–Trinajstić information content (AvgIpc) is 3.22. The zero-order valence-corrected chi connectivity index (χ0v) is 19.5. The Balaban J connectivity index is 1.42. The molecule has 5 rings (SSSR count). The first-order valence-electron chi connectivity index (χ1n) is 10.8. The Labute approximate surface area is 200 Å². The topological polar surface area (TPSA) is 110 Å². The van der Waals surface area contributed by atoms with E-state index in [2.05, 4.69) is 25.3 Å². The molecule has 0 spiro atoms. The lowest BCUT2D eigenvalue weighted by atomic mass is 10.0. The Kier molecular flexibility index (Phi) is 6.11. The van der Waals surface area contributed by atoms with Crippen LogP contribution in [0.15, 0.2) is 36.7 Å². The number of benzene rings is 2. The summed E-state index contributed by atoms with van der Waals surface area (Å²) in [6, 6.07) is 8.94. The monoisotopic (exact) mass is 486 g/mol. The van der Waals surface area contributed by atoms with Gasteiger partial charge in [-0.3, -0.25) is 4.90 Å². The summed E-state index contributed by atoms with van der Waals surface area (Å²) in [6.07, 6.45) is 1.57.